The largest absolute Gasteiger partial charge is 0.496 e. The van der Waals surface area contributed by atoms with Crippen LogP contribution in [-0.2, 0) is 10.2 Å². The van der Waals surface area contributed by atoms with Gasteiger partial charge in [-0.05, 0) is 47.8 Å². The number of carbonyl (C=O) groups excluding carboxylic acids is 1. The first kappa shape index (κ1) is 26.6. The minimum atomic E-state index is -1.35. The van der Waals surface area contributed by atoms with Crippen molar-refractivity contribution < 1.29 is 19.4 Å². The summed E-state index contributed by atoms with van der Waals surface area (Å²) in [4.78, 5) is 37.6. The molecular weight excluding hydrogens is 442 g/mol. The molecule has 0 unspecified atom stereocenters. The summed E-state index contributed by atoms with van der Waals surface area (Å²) in [6.07, 6.45) is 5.57. The van der Waals surface area contributed by atoms with Gasteiger partial charge in [0.05, 0.1) is 12.8 Å². The van der Waals surface area contributed by atoms with E-state index >= 15 is 0 Å². The lowest BCUT2D eigenvalue weighted by Gasteiger charge is -2.40. The molecule has 1 N–H and O–H groups in total. The molecule has 3 rings (SSSR count). The van der Waals surface area contributed by atoms with Gasteiger partial charge in [0.25, 0.3) is 5.91 Å². The molecule has 0 spiro atoms. The Balaban J connectivity index is 2.20. The average Bonchev–Trinajstić information content (AvgIpc) is 3.14. The molecule has 0 saturated carbocycles. The van der Waals surface area contributed by atoms with Gasteiger partial charge in [0.1, 0.15) is 11.3 Å². The maximum Gasteiger partial charge on any atom is 0.329 e. The first-order chi connectivity index (χ1) is 16.3. The fourth-order valence-electron chi connectivity index (χ4n) is 5.64. The molecule has 35 heavy (non-hydrogen) atoms. The summed E-state index contributed by atoms with van der Waals surface area (Å²) in [5.74, 6) is -0.799. The highest BCUT2D eigenvalue weighted by molar-refractivity contribution is 5.99. The number of nitrogens with zero attached hydrogens (tertiary/aromatic N) is 3. The number of ether oxygens (including phenoxy) is 1. The Bertz CT molecular complexity index is 1060. The fraction of sp³-hybridized carbons (Fsp3) is 0.571. The summed E-state index contributed by atoms with van der Waals surface area (Å²) in [5, 5.41) is 10.6. The highest BCUT2D eigenvalue weighted by atomic mass is 16.5. The molecule has 2 heterocycles. The van der Waals surface area contributed by atoms with E-state index in [4.69, 9.17) is 4.74 Å². The number of hydrogen-bond donors (Lipinski definition) is 1. The molecule has 1 saturated heterocycles. The van der Waals surface area contributed by atoms with Gasteiger partial charge >= 0.3 is 5.97 Å². The van der Waals surface area contributed by atoms with Crippen molar-refractivity contribution >= 4 is 11.9 Å². The van der Waals surface area contributed by atoms with E-state index in [2.05, 4.69) is 30.7 Å². The number of hydrogen-bond acceptors (Lipinski definition) is 5. The van der Waals surface area contributed by atoms with Crippen LogP contribution < -0.4 is 4.74 Å². The van der Waals surface area contributed by atoms with Crippen LogP contribution in [0.15, 0.2) is 36.8 Å². The van der Waals surface area contributed by atoms with Gasteiger partial charge in [-0.2, -0.15) is 0 Å². The predicted octanol–water partition coefficient (Wildman–Crippen LogP) is 5.31. The van der Waals surface area contributed by atoms with Crippen LogP contribution in [0.1, 0.15) is 88.8 Å². The van der Waals surface area contributed by atoms with Gasteiger partial charge in [-0.1, -0.05) is 54.5 Å². The van der Waals surface area contributed by atoms with Crippen LogP contribution in [-0.4, -0.2) is 50.5 Å². The number of carboxylic acid groups (broad SMARTS) is 1. The van der Waals surface area contributed by atoms with E-state index in [1.807, 2.05) is 33.8 Å². The number of carbonyl (C=O) groups is 2. The highest BCUT2D eigenvalue weighted by Crippen LogP contribution is 2.49. The van der Waals surface area contributed by atoms with Crippen LogP contribution in [0.2, 0.25) is 0 Å². The number of benzene rings is 1. The number of aliphatic carboxylic acids is 1. The van der Waals surface area contributed by atoms with Crippen LogP contribution in [0.4, 0.5) is 0 Å². The van der Waals surface area contributed by atoms with Crippen LogP contribution in [0, 0.1) is 11.8 Å². The number of carboxylic acids is 1. The van der Waals surface area contributed by atoms with E-state index in [0.29, 0.717) is 24.2 Å². The number of rotatable bonds is 7. The Kier molecular flexibility index (Phi) is 7.58. The summed E-state index contributed by atoms with van der Waals surface area (Å²) in [7, 11) is 1.59. The van der Waals surface area contributed by atoms with Crippen molar-refractivity contribution in [2.45, 2.75) is 84.2 Å². The maximum absolute atomic E-state index is 14.2. The van der Waals surface area contributed by atoms with E-state index < -0.39 is 11.5 Å². The monoisotopic (exact) mass is 481 g/mol. The molecule has 1 aliphatic heterocycles. The molecule has 1 fully saturated rings. The van der Waals surface area contributed by atoms with Crippen LogP contribution in [0.3, 0.4) is 0 Å². The van der Waals surface area contributed by atoms with E-state index in [1.165, 1.54) is 0 Å². The Labute approximate surface area is 208 Å². The van der Waals surface area contributed by atoms with E-state index in [0.717, 1.165) is 11.3 Å². The molecule has 0 aliphatic carbocycles. The predicted molar refractivity (Wildman–Crippen MR) is 136 cm³/mol. The number of amides is 1. The second kappa shape index (κ2) is 9.96. The van der Waals surface area contributed by atoms with Crippen molar-refractivity contribution in [3.8, 4) is 5.75 Å². The third-order valence-electron chi connectivity index (χ3n) is 6.99. The van der Waals surface area contributed by atoms with Gasteiger partial charge in [0.15, 0.2) is 0 Å². The summed E-state index contributed by atoms with van der Waals surface area (Å²) in [6.45, 7) is 14.3. The zero-order chi connectivity index (χ0) is 26.1. The second-order valence-corrected chi connectivity index (χ2v) is 11.5. The van der Waals surface area contributed by atoms with E-state index in [9.17, 15) is 14.7 Å². The molecule has 7 nitrogen and oxygen atoms in total. The maximum atomic E-state index is 14.2. The molecule has 1 amide bonds. The average molecular weight is 482 g/mol. The molecule has 1 aromatic heterocycles. The van der Waals surface area contributed by atoms with Gasteiger partial charge in [-0.3, -0.25) is 14.8 Å². The normalized spacial score (nSPS) is 22.6. The van der Waals surface area contributed by atoms with Gasteiger partial charge < -0.3 is 14.7 Å². The Morgan fingerprint density at radius 1 is 1.20 bits per heavy atom. The SMILES string of the molecule is COc1cc(C(=O)N2[C@H](C(C)C)[C@@H](c3cnccn3)C[C@@]2(CC(C)C)C(=O)O)ccc1C(C)(C)C. The third kappa shape index (κ3) is 5.04. The fourth-order valence-corrected chi connectivity index (χ4v) is 5.64. The minimum absolute atomic E-state index is 0.00934. The Morgan fingerprint density at radius 2 is 1.89 bits per heavy atom. The Hall–Kier alpha value is -2.96. The third-order valence-corrected chi connectivity index (χ3v) is 6.99. The molecule has 7 heteroatoms. The molecule has 2 aromatic rings. The lowest BCUT2D eigenvalue weighted by atomic mass is 9.82. The van der Waals surface area contributed by atoms with E-state index in [1.54, 1.807) is 42.7 Å². The molecule has 3 atom stereocenters. The molecule has 1 aromatic carbocycles. The quantitative estimate of drug-likeness (QED) is 0.576. The topological polar surface area (TPSA) is 92.6 Å². The number of aromatic nitrogens is 2. The van der Waals surface area contributed by atoms with Crippen molar-refractivity contribution in [1.29, 1.82) is 0 Å². The van der Waals surface area contributed by atoms with Crippen LogP contribution >= 0.6 is 0 Å². The van der Waals surface area contributed by atoms with Crippen molar-refractivity contribution in [3.05, 3.63) is 53.6 Å². The van der Waals surface area contributed by atoms with Gasteiger partial charge in [-0.25, -0.2) is 4.79 Å². The lowest BCUT2D eigenvalue weighted by molar-refractivity contribution is -0.150. The molecule has 0 radical (unpaired) electrons. The van der Waals surface area contributed by atoms with Crippen LogP contribution in [0.5, 0.6) is 5.75 Å². The number of methoxy groups -OCH3 is 1. The minimum Gasteiger partial charge on any atom is -0.496 e. The zero-order valence-electron chi connectivity index (χ0n) is 22.2. The van der Waals surface area contributed by atoms with Crippen molar-refractivity contribution in [1.82, 2.24) is 14.9 Å². The Morgan fingerprint density at radius 3 is 2.37 bits per heavy atom. The number of likely N-dealkylation sites (tertiary alicyclic amines) is 1. The molecule has 0 bridgehead atoms. The summed E-state index contributed by atoms with van der Waals surface area (Å²) in [5.41, 5.74) is 0.618. The van der Waals surface area contributed by atoms with Gasteiger partial charge in [-0.15, -0.1) is 0 Å². The lowest BCUT2D eigenvalue weighted by Crippen LogP contribution is -2.57. The second-order valence-electron chi connectivity index (χ2n) is 11.5. The van der Waals surface area contributed by atoms with Crippen molar-refractivity contribution in [2.24, 2.45) is 11.8 Å². The van der Waals surface area contributed by atoms with Gasteiger partial charge in [0, 0.05) is 36.1 Å². The summed E-state index contributed by atoms with van der Waals surface area (Å²) in [6, 6.07) is 5.11. The first-order valence-corrected chi connectivity index (χ1v) is 12.3. The zero-order valence-corrected chi connectivity index (χ0v) is 22.2. The van der Waals surface area contributed by atoms with Crippen molar-refractivity contribution in [2.75, 3.05) is 7.11 Å². The van der Waals surface area contributed by atoms with E-state index in [-0.39, 0.29) is 35.1 Å². The molecule has 190 valence electrons. The summed E-state index contributed by atoms with van der Waals surface area (Å²) >= 11 is 0. The smallest absolute Gasteiger partial charge is 0.329 e. The summed E-state index contributed by atoms with van der Waals surface area (Å²) < 4.78 is 5.65. The first-order valence-electron chi connectivity index (χ1n) is 12.3. The molecular formula is C28H39N3O4. The standard InChI is InChI=1S/C28H39N3O4/c1-17(2)14-28(26(33)34)15-20(22-16-29-11-12-30-22)24(18(3)4)31(28)25(32)19-9-10-21(27(5,6)7)23(13-19)35-8/h9-13,16-18,20,24H,14-15H2,1-8H3,(H,33,34)/t20-,24-,28+/m1/s1. The van der Waals surface area contributed by atoms with Crippen LogP contribution in [0.25, 0.3) is 0 Å². The highest BCUT2D eigenvalue weighted by Gasteiger charge is 2.59. The molecule has 1 aliphatic rings. The van der Waals surface area contributed by atoms with Gasteiger partial charge in [0.2, 0.25) is 0 Å². The van der Waals surface area contributed by atoms with Crippen molar-refractivity contribution in [3.63, 3.8) is 0 Å².